The molecule has 0 aliphatic rings. The third-order valence-corrected chi connectivity index (χ3v) is 4.16. The average molecular weight is 328 g/mol. The van der Waals surface area contributed by atoms with Crippen molar-refractivity contribution in [2.45, 2.75) is 6.10 Å². The van der Waals surface area contributed by atoms with Gasteiger partial charge in [0.15, 0.2) is 5.01 Å². The van der Waals surface area contributed by atoms with E-state index in [-0.39, 0.29) is 0 Å². The summed E-state index contributed by atoms with van der Waals surface area (Å²) in [5, 5.41) is 22.9. The van der Waals surface area contributed by atoms with Gasteiger partial charge in [-0.1, -0.05) is 29.5 Å². The summed E-state index contributed by atoms with van der Waals surface area (Å²) in [6, 6.07) is 13.0. The van der Waals surface area contributed by atoms with E-state index in [4.69, 9.17) is 4.74 Å². The Bertz CT molecular complexity index is 746. The van der Waals surface area contributed by atoms with Crippen LogP contribution in [0.25, 0.3) is 10.7 Å². The van der Waals surface area contributed by atoms with Gasteiger partial charge in [-0.2, -0.15) is 0 Å². The van der Waals surface area contributed by atoms with Crippen LogP contribution in [0, 0.1) is 0 Å². The molecule has 23 heavy (non-hydrogen) atoms. The number of hydrogen-bond acceptors (Lipinski definition) is 7. The molecule has 7 heteroatoms. The van der Waals surface area contributed by atoms with Crippen LogP contribution in [0.15, 0.2) is 48.7 Å². The number of aliphatic hydroxyl groups is 1. The van der Waals surface area contributed by atoms with E-state index in [1.54, 1.807) is 13.3 Å². The second-order valence-electron chi connectivity index (χ2n) is 4.80. The van der Waals surface area contributed by atoms with Gasteiger partial charge in [-0.15, -0.1) is 10.2 Å². The molecule has 2 heterocycles. The van der Waals surface area contributed by atoms with Crippen molar-refractivity contribution in [1.82, 2.24) is 15.2 Å². The van der Waals surface area contributed by atoms with Crippen LogP contribution in [0.5, 0.6) is 5.75 Å². The van der Waals surface area contributed by atoms with Gasteiger partial charge >= 0.3 is 0 Å². The molecule has 0 saturated carbocycles. The standard InChI is InChI=1S/C16H16N4O2S/c1-22-12-7-5-11(6-8-12)14(21)10-18-16-20-19-15(23-16)13-4-2-3-9-17-13/h2-9,14,21H,10H2,1H3,(H,18,20). The highest BCUT2D eigenvalue weighted by Gasteiger charge is 2.11. The number of anilines is 1. The van der Waals surface area contributed by atoms with Gasteiger partial charge in [-0.3, -0.25) is 4.98 Å². The van der Waals surface area contributed by atoms with Crippen molar-refractivity contribution >= 4 is 16.5 Å². The average Bonchev–Trinajstić information content (AvgIpc) is 3.09. The lowest BCUT2D eigenvalue weighted by Gasteiger charge is -2.11. The summed E-state index contributed by atoms with van der Waals surface area (Å²) in [6.45, 7) is 0.350. The number of nitrogens with zero attached hydrogens (tertiary/aromatic N) is 3. The van der Waals surface area contributed by atoms with Crippen LogP contribution in [-0.2, 0) is 0 Å². The highest BCUT2D eigenvalue weighted by atomic mass is 32.1. The predicted molar refractivity (Wildman–Crippen MR) is 89.6 cm³/mol. The van der Waals surface area contributed by atoms with Crippen LogP contribution in [0.1, 0.15) is 11.7 Å². The SMILES string of the molecule is COc1ccc(C(O)CNc2nnc(-c3ccccn3)s2)cc1. The molecular formula is C16H16N4O2S. The fourth-order valence-electron chi connectivity index (χ4n) is 2.02. The van der Waals surface area contributed by atoms with Crippen molar-refractivity contribution < 1.29 is 9.84 Å². The third-order valence-electron chi connectivity index (χ3n) is 3.26. The molecule has 0 radical (unpaired) electrons. The lowest BCUT2D eigenvalue weighted by molar-refractivity contribution is 0.191. The number of rotatable bonds is 6. The molecule has 3 rings (SSSR count). The normalized spacial score (nSPS) is 11.9. The molecule has 2 aromatic heterocycles. The summed E-state index contributed by atoms with van der Waals surface area (Å²) >= 11 is 1.40. The minimum atomic E-state index is -0.636. The predicted octanol–water partition coefficient (Wildman–Crippen LogP) is 2.75. The number of aromatic nitrogens is 3. The van der Waals surface area contributed by atoms with E-state index >= 15 is 0 Å². The first-order chi connectivity index (χ1) is 11.3. The van der Waals surface area contributed by atoms with E-state index in [0.717, 1.165) is 22.0 Å². The zero-order valence-electron chi connectivity index (χ0n) is 12.5. The van der Waals surface area contributed by atoms with Crippen molar-refractivity contribution in [2.75, 3.05) is 19.0 Å². The first-order valence-corrected chi connectivity index (χ1v) is 7.88. The molecule has 0 saturated heterocycles. The molecule has 0 spiro atoms. The van der Waals surface area contributed by atoms with Crippen LogP contribution >= 0.6 is 11.3 Å². The molecule has 1 atom stereocenters. The van der Waals surface area contributed by atoms with E-state index in [9.17, 15) is 5.11 Å². The van der Waals surface area contributed by atoms with Crippen LogP contribution in [0.4, 0.5) is 5.13 Å². The van der Waals surface area contributed by atoms with Gasteiger partial charge in [0, 0.05) is 12.7 Å². The molecule has 0 amide bonds. The summed E-state index contributed by atoms with van der Waals surface area (Å²) in [5.41, 5.74) is 1.60. The lowest BCUT2D eigenvalue weighted by atomic mass is 10.1. The first kappa shape index (κ1) is 15.4. The molecule has 118 valence electrons. The van der Waals surface area contributed by atoms with E-state index in [1.165, 1.54) is 11.3 Å². The van der Waals surface area contributed by atoms with Crippen molar-refractivity contribution in [2.24, 2.45) is 0 Å². The Labute approximate surface area is 137 Å². The van der Waals surface area contributed by atoms with Gasteiger partial charge < -0.3 is 15.2 Å². The van der Waals surface area contributed by atoms with Gasteiger partial charge in [0.1, 0.15) is 11.4 Å². The summed E-state index contributed by atoms with van der Waals surface area (Å²) in [7, 11) is 1.61. The number of benzene rings is 1. The smallest absolute Gasteiger partial charge is 0.206 e. The monoisotopic (exact) mass is 328 g/mol. The van der Waals surface area contributed by atoms with Gasteiger partial charge in [-0.25, -0.2) is 0 Å². The van der Waals surface area contributed by atoms with Crippen molar-refractivity contribution in [3.8, 4) is 16.5 Å². The number of aliphatic hydroxyl groups excluding tert-OH is 1. The fourth-order valence-corrected chi connectivity index (χ4v) is 2.74. The number of hydrogen-bond donors (Lipinski definition) is 2. The third kappa shape index (κ3) is 3.82. The molecule has 1 unspecified atom stereocenters. The molecule has 1 aromatic carbocycles. The number of methoxy groups -OCH3 is 1. The summed E-state index contributed by atoms with van der Waals surface area (Å²) in [5.74, 6) is 0.762. The Kier molecular flexibility index (Phi) is 4.80. The second kappa shape index (κ2) is 7.17. The minimum absolute atomic E-state index is 0.350. The Morgan fingerprint density at radius 1 is 1.17 bits per heavy atom. The zero-order valence-corrected chi connectivity index (χ0v) is 13.3. The van der Waals surface area contributed by atoms with Crippen molar-refractivity contribution in [3.05, 3.63) is 54.2 Å². The highest BCUT2D eigenvalue weighted by Crippen LogP contribution is 2.25. The maximum absolute atomic E-state index is 10.2. The fraction of sp³-hybridized carbons (Fsp3) is 0.188. The molecular weight excluding hydrogens is 312 g/mol. The van der Waals surface area contributed by atoms with Crippen LogP contribution < -0.4 is 10.1 Å². The molecule has 2 N–H and O–H groups in total. The number of pyridine rings is 1. The van der Waals surface area contributed by atoms with Gasteiger partial charge in [-0.05, 0) is 29.8 Å². The van der Waals surface area contributed by atoms with E-state index in [2.05, 4.69) is 20.5 Å². The maximum atomic E-state index is 10.2. The Morgan fingerprint density at radius 3 is 2.70 bits per heavy atom. The van der Waals surface area contributed by atoms with E-state index in [0.29, 0.717) is 11.7 Å². The quantitative estimate of drug-likeness (QED) is 0.724. The Hall–Kier alpha value is -2.51. The topological polar surface area (TPSA) is 80.2 Å². The molecule has 6 nitrogen and oxygen atoms in total. The van der Waals surface area contributed by atoms with Gasteiger partial charge in [0.25, 0.3) is 0 Å². The van der Waals surface area contributed by atoms with E-state index in [1.807, 2.05) is 42.5 Å². The van der Waals surface area contributed by atoms with Crippen molar-refractivity contribution in [1.29, 1.82) is 0 Å². The summed E-state index contributed by atoms with van der Waals surface area (Å²) in [4.78, 5) is 4.24. The summed E-state index contributed by atoms with van der Waals surface area (Å²) < 4.78 is 5.10. The van der Waals surface area contributed by atoms with Crippen LogP contribution in [0.2, 0.25) is 0 Å². The van der Waals surface area contributed by atoms with Crippen molar-refractivity contribution in [3.63, 3.8) is 0 Å². The van der Waals surface area contributed by atoms with Crippen LogP contribution in [-0.4, -0.2) is 33.9 Å². The second-order valence-corrected chi connectivity index (χ2v) is 5.77. The number of nitrogens with one attached hydrogen (secondary N) is 1. The minimum Gasteiger partial charge on any atom is -0.497 e. The van der Waals surface area contributed by atoms with E-state index < -0.39 is 6.10 Å². The van der Waals surface area contributed by atoms with Crippen LogP contribution in [0.3, 0.4) is 0 Å². The van der Waals surface area contributed by atoms with Gasteiger partial charge in [0.2, 0.25) is 5.13 Å². The Balaban J connectivity index is 1.60. The maximum Gasteiger partial charge on any atom is 0.206 e. The zero-order chi connectivity index (χ0) is 16.1. The summed E-state index contributed by atoms with van der Waals surface area (Å²) in [6.07, 6.45) is 1.08. The lowest BCUT2D eigenvalue weighted by Crippen LogP contribution is -2.11. The molecule has 3 aromatic rings. The van der Waals surface area contributed by atoms with Gasteiger partial charge in [0.05, 0.1) is 13.2 Å². The Morgan fingerprint density at radius 2 is 2.00 bits per heavy atom. The highest BCUT2D eigenvalue weighted by molar-refractivity contribution is 7.18. The molecule has 0 aliphatic heterocycles. The molecule has 0 bridgehead atoms. The first-order valence-electron chi connectivity index (χ1n) is 7.07. The number of ether oxygens (including phenoxy) is 1. The molecule has 0 aliphatic carbocycles. The largest absolute Gasteiger partial charge is 0.497 e. The molecule has 0 fully saturated rings.